The standard InChI is InChI=1S/C15H24N2O2/c18-13-12-15(8-4-3-5-9-15)14(19)17(13)16-10-6-1-2-7-11-16/h1-12H2. The lowest BCUT2D eigenvalue weighted by molar-refractivity contribution is -0.160. The van der Waals surface area contributed by atoms with E-state index in [1.54, 1.807) is 0 Å². The molecule has 2 amide bonds. The van der Waals surface area contributed by atoms with Crippen molar-refractivity contribution >= 4 is 11.8 Å². The highest BCUT2D eigenvalue weighted by Gasteiger charge is 2.53. The number of hydrazine groups is 1. The van der Waals surface area contributed by atoms with Crippen molar-refractivity contribution in [2.75, 3.05) is 13.1 Å². The fourth-order valence-electron chi connectivity index (χ4n) is 3.94. The monoisotopic (exact) mass is 264 g/mol. The van der Waals surface area contributed by atoms with Gasteiger partial charge in [-0.1, -0.05) is 32.1 Å². The zero-order valence-electron chi connectivity index (χ0n) is 11.7. The quantitative estimate of drug-likeness (QED) is 0.683. The number of imide groups is 1. The third-order valence-electron chi connectivity index (χ3n) is 5.05. The Balaban J connectivity index is 1.78. The zero-order chi connectivity index (χ0) is 13.3. The smallest absolute Gasteiger partial charge is 0.250 e. The number of carbonyl (C=O) groups is 2. The second-order valence-electron chi connectivity index (χ2n) is 6.40. The minimum atomic E-state index is -0.332. The Bertz CT molecular complexity index is 366. The molecule has 1 spiro atoms. The van der Waals surface area contributed by atoms with Gasteiger partial charge in [-0.15, -0.1) is 0 Å². The van der Waals surface area contributed by atoms with E-state index in [0.717, 1.165) is 51.6 Å². The molecule has 0 N–H and O–H groups in total. The van der Waals surface area contributed by atoms with Gasteiger partial charge in [0.05, 0.1) is 5.41 Å². The molecule has 106 valence electrons. The van der Waals surface area contributed by atoms with E-state index in [1.165, 1.54) is 24.3 Å². The highest BCUT2D eigenvalue weighted by Crippen LogP contribution is 2.45. The van der Waals surface area contributed by atoms with E-state index in [4.69, 9.17) is 0 Å². The van der Waals surface area contributed by atoms with E-state index in [1.807, 2.05) is 5.01 Å². The fraction of sp³-hybridized carbons (Fsp3) is 0.867. The molecule has 1 aliphatic carbocycles. The number of hydrogen-bond donors (Lipinski definition) is 0. The molecule has 2 aliphatic heterocycles. The van der Waals surface area contributed by atoms with Gasteiger partial charge in [-0.3, -0.25) is 9.59 Å². The van der Waals surface area contributed by atoms with Crippen molar-refractivity contribution in [3.8, 4) is 0 Å². The van der Waals surface area contributed by atoms with Crippen LogP contribution in [0.3, 0.4) is 0 Å². The largest absolute Gasteiger partial charge is 0.273 e. The Morgan fingerprint density at radius 1 is 0.789 bits per heavy atom. The van der Waals surface area contributed by atoms with Crippen molar-refractivity contribution in [2.24, 2.45) is 5.41 Å². The first-order valence-electron chi connectivity index (χ1n) is 7.85. The maximum absolute atomic E-state index is 12.8. The van der Waals surface area contributed by atoms with Crippen LogP contribution < -0.4 is 0 Å². The Labute approximate surface area is 115 Å². The van der Waals surface area contributed by atoms with E-state index < -0.39 is 0 Å². The van der Waals surface area contributed by atoms with Gasteiger partial charge in [0.25, 0.3) is 5.91 Å². The normalized spacial score (nSPS) is 28.9. The number of hydrogen-bond acceptors (Lipinski definition) is 3. The summed E-state index contributed by atoms with van der Waals surface area (Å²) < 4.78 is 0. The van der Waals surface area contributed by atoms with Crippen molar-refractivity contribution < 1.29 is 9.59 Å². The maximum Gasteiger partial charge on any atom is 0.250 e. The number of amides is 2. The summed E-state index contributed by atoms with van der Waals surface area (Å²) in [4.78, 5) is 25.1. The molecule has 2 heterocycles. The van der Waals surface area contributed by atoms with E-state index in [9.17, 15) is 9.59 Å². The highest BCUT2D eigenvalue weighted by molar-refractivity contribution is 6.05. The molecule has 0 bridgehead atoms. The summed E-state index contributed by atoms with van der Waals surface area (Å²) in [6.45, 7) is 1.74. The van der Waals surface area contributed by atoms with Crippen LogP contribution in [0.5, 0.6) is 0 Å². The molecule has 0 atom stereocenters. The predicted octanol–water partition coefficient (Wildman–Crippen LogP) is 2.49. The molecule has 0 aromatic heterocycles. The highest BCUT2D eigenvalue weighted by atomic mass is 16.2. The minimum absolute atomic E-state index is 0.0498. The van der Waals surface area contributed by atoms with Gasteiger partial charge in [-0.2, -0.15) is 0 Å². The van der Waals surface area contributed by atoms with Crippen molar-refractivity contribution in [1.82, 2.24) is 10.0 Å². The molecule has 0 aromatic rings. The number of carbonyl (C=O) groups excluding carboxylic acids is 2. The number of rotatable bonds is 1. The summed E-state index contributed by atoms with van der Waals surface area (Å²) in [5, 5.41) is 3.55. The lowest BCUT2D eigenvalue weighted by Gasteiger charge is -2.33. The van der Waals surface area contributed by atoms with Crippen LogP contribution in [0.15, 0.2) is 0 Å². The third kappa shape index (κ3) is 2.31. The van der Waals surface area contributed by atoms with E-state index >= 15 is 0 Å². The fourth-order valence-corrected chi connectivity index (χ4v) is 3.94. The van der Waals surface area contributed by atoms with Crippen LogP contribution in [0.25, 0.3) is 0 Å². The van der Waals surface area contributed by atoms with Crippen LogP contribution >= 0.6 is 0 Å². The molecule has 2 saturated heterocycles. The molecule has 4 nitrogen and oxygen atoms in total. The van der Waals surface area contributed by atoms with E-state index in [0.29, 0.717) is 6.42 Å². The van der Waals surface area contributed by atoms with Crippen molar-refractivity contribution in [3.63, 3.8) is 0 Å². The van der Waals surface area contributed by atoms with Crippen LogP contribution in [0, 0.1) is 5.41 Å². The third-order valence-corrected chi connectivity index (χ3v) is 5.05. The molecule has 3 fully saturated rings. The van der Waals surface area contributed by atoms with Crippen LogP contribution in [0.1, 0.15) is 64.2 Å². The van der Waals surface area contributed by atoms with Gasteiger partial charge in [0.2, 0.25) is 5.91 Å². The average molecular weight is 264 g/mol. The zero-order valence-corrected chi connectivity index (χ0v) is 11.7. The van der Waals surface area contributed by atoms with Crippen molar-refractivity contribution in [1.29, 1.82) is 0 Å². The van der Waals surface area contributed by atoms with Gasteiger partial charge < -0.3 is 0 Å². The van der Waals surface area contributed by atoms with Gasteiger partial charge in [-0.05, 0) is 25.7 Å². The maximum atomic E-state index is 12.8. The predicted molar refractivity (Wildman–Crippen MR) is 72.0 cm³/mol. The second kappa shape index (κ2) is 5.23. The summed E-state index contributed by atoms with van der Waals surface area (Å²) in [6.07, 6.45) is 10.4. The number of nitrogens with zero attached hydrogens (tertiary/aromatic N) is 2. The topological polar surface area (TPSA) is 40.6 Å². The summed E-state index contributed by atoms with van der Waals surface area (Å²) >= 11 is 0. The molecular weight excluding hydrogens is 240 g/mol. The Kier molecular flexibility index (Phi) is 3.61. The Morgan fingerprint density at radius 3 is 2.00 bits per heavy atom. The summed E-state index contributed by atoms with van der Waals surface area (Å²) in [5.41, 5.74) is -0.332. The molecule has 3 aliphatic rings. The van der Waals surface area contributed by atoms with Gasteiger partial charge in [-0.25, -0.2) is 10.0 Å². The van der Waals surface area contributed by atoms with Gasteiger partial charge in [0.1, 0.15) is 0 Å². The molecule has 0 radical (unpaired) electrons. The molecule has 4 heteroatoms. The van der Waals surface area contributed by atoms with Gasteiger partial charge in [0.15, 0.2) is 0 Å². The average Bonchev–Trinajstić information content (AvgIpc) is 2.63. The molecule has 3 rings (SSSR count). The first-order chi connectivity index (χ1) is 9.23. The van der Waals surface area contributed by atoms with Gasteiger partial charge in [0, 0.05) is 19.5 Å². The van der Waals surface area contributed by atoms with E-state index in [2.05, 4.69) is 0 Å². The Morgan fingerprint density at radius 2 is 1.37 bits per heavy atom. The molecular formula is C15H24N2O2. The summed E-state index contributed by atoms with van der Waals surface area (Å²) in [6, 6.07) is 0. The first kappa shape index (κ1) is 13.1. The summed E-state index contributed by atoms with van der Waals surface area (Å²) in [5.74, 6) is 0.160. The van der Waals surface area contributed by atoms with Crippen molar-refractivity contribution in [3.05, 3.63) is 0 Å². The molecule has 1 saturated carbocycles. The van der Waals surface area contributed by atoms with Crippen molar-refractivity contribution in [2.45, 2.75) is 64.2 Å². The van der Waals surface area contributed by atoms with Crippen LogP contribution in [-0.4, -0.2) is 34.9 Å². The lowest BCUT2D eigenvalue weighted by atomic mass is 9.73. The lowest BCUT2D eigenvalue weighted by Crippen LogP contribution is -2.48. The Hall–Kier alpha value is -0.900. The van der Waals surface area contributed by atoms with Crippen LogP contribution in [0.4, 0.5) is 0 Å². The van der Waals surface area contributed by atoms with Crippen LogP contribution in [-0.2, 0) is 9.59 Å². The molecule has 0 unspecified atom stereocenters. The SMILES string of the molecule is O=C1CC2(CCCCC2)C(=O)N1N1CCCCCC1. The summed E-state index contributed by atoms with van der Waals surface area (Å²) in [7, 11) is 0. The molecule has 19 heavy (non-hydrogen) atoms. The molecule has 0 aromatic carbocycles. The van der Waals surface area contributed by atoms with Gasteiger partial charge >= 0.3 is 0 Å². The van der Waals surface area contributed by atoms with Crippen LogP contribution in [0.2, 0.25) is 0 Å². The first-order valence-corrected chi connectivity index (χ1v) is 7.85. The van der Waals surface area contributed by atoms with E-state index in [-0.39, 0.29) is 17.2 Å². The second-order valence-corrected chi connectivity index (χ2v) is 6.40. The minimum Gasteiger partial charge on any atom is -0.273 e.